The number of carbonyl (C=O) groups is 2. The number of ketones is 1. The van der Waals surface area contributed by atoms with Crippen LogP contribution >= 0.6 is 0 Å². The van der Waals surface area contributed by atoms with Crippen molar-refractivity contribution in [2.24, 2.45) is 0 Å². The van der Waals surface area contributed by atoms with Gasteiger partial charge in [-0.15, -0.1) is 0 Å². The first-order valence-corrected chi connectivity index (χ1v) is 3.69. The van der Waals surface area contributed by atoms with Crippen molar-refractivity contribution >= 4 is 11.8 Å². The van der Waals surface area contributed by atoms with E-state index in [9.17, 15) is 9.59 Å². The zero-order valence-corrected chi connectivity index (χ0v) is 7.30. The van der Waals surface area contributed by atoms with E-state index in [0.29, 0.717) is 0 Å². The molecule has 70 valence electrons. The Bertz CT molecular complexity index is 220. The van der Waals surface area contributed by atoms with Gasteiger partial charge in [0.25, 0.3) is 0 Å². The highest BCUT2D eigenvalue weighted by Gasteiger charge is 1.98. The third-order valence-electron chi connectivity index (χ3n) is 0.967. The maximum Gasteiger partial charge on any atom is 0.310 e. The normalized spacial score (nSPS) is 8.08. The fraction of sp³-hybridized carbons (Fsp3) is 0.222. The summed E-state index contributed by atoms with van der Waals surface area (Å²) >= 11 is 0. The second-order valence-electron chi connectivity index (χ2n) is 2.30. The molecule has 0 amide bonds. The maximum atomic E-state index is 9.87. The van der Waals surface area contributed by atoms with Gasteiger partial charge in [-0.3, -0.25) is 14.6 Å². The van der Waals surface area contributed by atoms with E-state index in [1.165, 1.54) is 6.92 Å². The molecule has 0 aliphatic heterocycles. The Morgan fingerprint density at radius 3 is 1.85 bits per heavy atom. The number of nitrogens with zero attached hydrogens (tertiary/aromatic N) is 1. The van der Waals surface area contributed by atoms with Crippen molar-refractivity contribution in [3.05, 3.63) is 30.6 Å². The molecular weight excluding hydrogens is 170 g/mol. The van der Waals surface area contributed by atoms with Crippen molar-refractivity contribution in [1.29, 1.82) is 0 Å². The summed E-state index contributed by atoms with van der Waals surface area (Å²) in [7, 11) is 0. The van der Waals surface area contributed by atoms with Crippen LogP contribution < -0.4 is 0 Å². The van der Waals surface area contributed by atoms with Crippen molar-refractivity contribution in [3.8, 4) is 0 Å². The number of aromatic nitrogens is 1. The second kappa shape index (κ2) is 6.97. The SMILES string of the molecule is CC(=O)CC(=O)O.c1ccncc1. The van der Waals surface area contributed by atoms with E-state index in [1.807, 2.05) is 18.2 Å². The standard InChI is InChI=1S/C5H5N.C4H6O3/c1-2-4-6-5-3-1;1-3(5)2-4(6)7/h1-5H;2H2,1H3,(H,6,7). The van der Waals surface area contributed by atoms with E-state index in [1.54, 1.807) is 12.4 Å². The molecule has 0 atom stereocenters. The van der Waals surface area contributed by atoms with Crippen LogP contribution in [0.15, 0.2) is 30.6 Å². The Labute approximate surface area is 76.2 Å². The lowest BCUT2D eigenvalue weighted by molar-refractivity contribution is -0.139. The number of carboxylic acids is 1. The van der Waals surface area contributed by atoms with Crippen molar-refractivity contribution in [2.75, 3.05) is 0 Å². The zero-order chi connectivity index (χ0) is 10.1. The molecule has 1 rings (SSSR count). The molecular formula is C9H11NO3. The van der Waals surface area contributed by atoms with Crippen LogP contribution in [0, 0.1) is 0 Å². The summed E-state index contributed by atoms with van der Waals surface area (Å²) in [6.45, 7) is 1.24. The highest BCUT2D eigenvalue weighted by molar-refractivity contribution is 5.93. The van der Waals surface area contributed by atoms with Gasteiger partial charge in [0.1, 0.15) is 12.2 Å². The van der Waals surface area contributed by atoms with Gasteiger partial charge in [-0.2, -0.15) is 0 Å². The van der Waals surface area contributed by atoms with Gasteiger partial charge in [0.05, 0.1) is 0 Å². The minimum absolute atomic E-state index is 0.312. The van der Waals surface area contributed by atoms with E-state index < -0.39 is 5.97 Å². The number of hydrogen-bond acceptors (Lipinski definition) is 3. The van der Waals surface area contributed by atoms with Crippen LogP contribution in [0.5, 0.6) is 0 Å². The molecule has 0 bridgehead atoms. The highest BCUT2D eigenvalue weighted by atomic mass is 16.4. The molecule has 1 N–H and O–H groups in total. The number of aliphatic carboxylic acids is 1. The first kappa shape index (κ1) is 11.3. The molecule has 0 aromatic carbocycles. The molecule has 4 nitrogen and oxygen atoms in total. The molecule has 1 aromatic rings. The smallest absolute Gasteiger partial charge is 0.310 e. The Morgan fingerprint density at radius 2 is 1.77 bits per heavy atom. The number of pyridine rings is 1. The number of hydrogen-bond donors (Lipinski definition) is 1. The molecule has 13 heavy (non-hydrogen) atoms. The number of carbonyl (C=O) groups excluding carboxylic acids is 1. The van der Waals surface area contributed by atoms with Crippen LogP contribution in [0.4, 0.5) is 0 Å². The molecule has 0 saturated heterocycles. The van der Waals surface area contributed by atoms with E-state index in [-0.39, 0.29) is 12.2 Å². The average molecular weight is 181 g/mol. The predicted molar refractivity (Wildman–Crippen MR) is 47.2 cm³/mol. The monoisotopic (exact) mass is 181 g/mol. The molecule has 0 saturated carbocycles. The lowest BCUT2D eigenvalue weighted by Gasteiger charge is -1.80. The third kappa shape index (κ3) is 10.3. The molecule has 1 aromatic heterocycles. The van der Waals surface area contributed by atoms with Gasteiger partial charge in [-0.05, 0) is 19.1 Å². The van der Waals surface area contributed by atoms with Gasteiger partial charge in [0, 0.05) is 12.4 Å². The van der Waals surface area contributed by atoms with Crippen molar-refractivity contribution < 1.29 is 14.7 Å². The lowest BCUT2D eigenvalue weighted by atomic mass is 10.3. The van der Waals surface area contributed by atoms with Gasteiger partial charge in [0.2, 0.25) is 0 Å². The maximum absolute atomic E-state index is 9.87. The molecule has 0 fully saturated rings. The van der Waals surface area contributed by atoms with Gasteiger partial charge in [0.15, 0.2) is 0 Å². The van der Waals surface area contributed by atoms with Crippen molar-refractivity contribution in [2.45, 2.75) is 13.3 Å². The van der Waals surface area contributed by atoms with Crippen LogP contribution in [-0.4, -0.2) is 21.8 Å². The fourth-order valence-corrected chi connectivity index (χ4v) is 0.526. The second-order valence-corrected chi connectivity index (χ2v) is 2.30. The molecule has 0 aliphatic rings. The van der Waals surface area contributed by atoms with Gasteiger partial charge in [-0.1, -0.05) is 6.07 Å². The van der Waals surface area contributed by atoms with E-state index in [4.69, 9.17) is 5.11 Å². The van der Waals surface area contributed by atoms with Crippen LogP contribution in [0.25, 0.3) is 0 Å². The van der Waals surface area contributed by atoms with Crippen molar-refractivity contribution in [1.82, 2.24) is 4.98 Å². The minimum Gasteiger partial charge on any atom is -0.481 e. The number of carboxylic acid groups (broad SMARTS) is 1. The summed E-state index contributed by atoms with van der Waals surface area (Å²) in [6, 6.07) is 5.72. The quantitative estimate of drug-likeness (QED) is 0.694. The first-order valence-electron chi connectivity index (χ1n) is 3.69. The van der Waals surface area contributed by atoms with Crippen molar-refractivity contribution in [3.63, 3.8) is 0 Å². The molecule has 0 unspecified atom stereocenters. The fourth-order valence-electron chi connectivity index (χ4n) is 0.526. The third-order valence-corrected chi connectivity index (χ3v) is 0.967. The summed E-state index contributed by atoms with van der Waals surface area (Å²) in [4.78, 5) is 23.2. The minimum atomic E-state index is -1.06. The molecule has 0 aliphatic carbocycles. The van der Waals surface area contributed by atoms with Gasteiger partial charge >= 0.3 is 5.97 Å². The molecule has 4 heteroatoms. The largest absolute Gasteiger partial charge is 0.481 e. The Balaban J connectivity index is 0.000000223. The Morgan fingerprint density at radius 1 is 1.23 bits per heavy atom. The number of Topliss-reactive ketones (excluding diaryl/α,β-unsaturated/α-hetero) is 1. The number of rotatable bonds is 2. The summed E-state index contributed by atoms with van der Waals surface area (Å²) < 4.78 is 0. The van der Waals surface area contributed by atoms with E-state index in [2.05, 4.69) is 4.98 Å². The molecule has 0 radical (unpaired) electrons. The summed E-state index contributed by atoms with van der Waals surface area (Å²) in [5.74, 6) is -1.37. The topological polar surface area (TPSA) is 67.3 Å². The van der Waals surface area contributed by atoms with Gasteiger partial charge in [-0.25, -0.2) is 0 Å². The van der Waals surface area contributed by atoms with Crippen LogP contribution in [-0.2, 0) is 9.59 Å². The highest BCUT2D eigenvalue weighted by Crippen LogP contribution is 1.77. The van der Waals surface area contributed by atoms with E-state index >= 15 is 0 Å². The van der Waals surface area contributed by atoms with Crippen LogP contribution in [0.3, 0.4) is 0 Å². The summed E-state index contributed by atoms with van der Waals surface area (Å²) in [5, 5.41) is 7.86. The predicted octanol–water partition coefficient (Wildman–Crippen LogP) is 1.13. The van der Waals surface area contributed by atoms with E-state index in [0.717, 1.165) is 0 Å². The van der Waals surface area contributed by atoms with Gasteiger partial charge < -0.3 is 5.11 Å². The molecule has 0 spiro atoms. The summed E-state index contributed by atoms with van der Waals surface area (Å²) in [5.41, 5.74) is 0. The van der Waals surface area contributed by atoms with Crippen LogP contribution in [0.1, 0.15) is 13.3 Å². The summed E-state index contributed by atoms with van der Waals surface area (Å²) in [6.07, 6.45) is 3.14. The Kier molecular flexibility index (Phi) is 6.05. The molecule has 1 heterocycles. The van der Waals surface area contributed by atoms with Crippen LogP contribution in [0.2, 0.25) is 0 Å². The Hall–Kier alpha value is -1.71. The average Bonchev–Trinajstić information content (AvgIpc) is 2.06. The lowest BCUT2D eigenvalue weighted by Crippen LogP contribution is -2.00. The first-order chi connectivity index (χ1) is 6.13. The zero-order valence-electron chi connectivity index (χ0n) is 7.30.